The van der Waals surface area contributed by atoms with Crippen molar-refractivity contribution in [2.45, 2.75) is 0 Å². The molecule has 0 spiro atoms. The number of hydrogen-bond acceptors (Lipinski definition) is 4. The average Bonchev–Trinajstić information content (AvgIpc) is 3.89. The van der Waals surface area contributed by atoms with Crippen molar-refractivity contribution in [1.29, 1.82) is 0 Å². The molecule has 290 valence electrons. The van der Waals surface area contributed by atoms with Crippen molar-refractivity contribution in [2.75, 3.05) is 9.80 Å². The van der Waals surface area contributed by atoms with Gasteiger partial charge in [0.2, 0.25) is 0 Å². The van der Waals surface area contributed by atoms with Gasteiger partial charge in [-0.3, -0.25) is 0 Å². The monoisotopic (exact) mass is 792 g/mol. The summed E-state index contributed by atoms with van der Waals surface area (Å²) in [6.45, 7) is 0. The van der Waals surface area contributed by atoms with Crippen LogP contribution in [0.1, 0.15) is 0 Å². The molecule has 13 aromatic rings. The Morgan fingerprint density at radius 3 is 1.00 bits per heavy atom. The highest BCUT2D eigenvalue weighted by Crippen LogP contribution is 2.44. The van der Waals surface area contributed by atoms with Crippen LogP contribution in [0.5, 0.6) is 0 Å². The molecule has 62 heavy (non-hydrogen) atoms. The van der Waals surface area contributed by atoms with Gasteiger partial charge in [0, 0.05) is 66.4 Å². The number of para-hydroxylation sites is 2. The van der Waals surface area contributed by atoms with Gasteiger partial charge in [0.05, 0.1) is 0 Å². The van der Waals surface area contributed by atoms with Gasteiger partial charge in [-0.2, -0.15) is 0 Å². The summed E-state index contributed by atoms with van der Waals surface area (Å²) in [4.78, 5) is 4.64. The van der Waals surface area contributed by atoms with Crippen LogP contribution in [0.4, 0.5) is 34.1 Å². The Morgan fingerprint density at radius 1 is 0.226 bits per heavy atom. The maximum absolute atomic E-state index is 6.79. The number of rotatable bonds is 6. The van der Waals surface area contributed by atoms with Crippen molar-refractivity contribution in [3.63, 3.8) is 0 Å². The molecule has 2 aromatic heterocycles. The van der Waals surface area contributed by atoms with Crippen LogP contribution in [-0.2, 0) is 0 Å². The number of fused-ring (bicyclic) bond motifs is 12. The van der Waals surface area contributed by atoms with E-state index in [9.17, 15) is 0 Å². The summed E-state index contributed by atoms with van der Waals surface area (Å²) in [6, 6.07) is 77.9. The van der Waals surface area contributed by atoms with Crippen LogP contribution in [0.3, 0.4) is 0 Å². The van der Waals surface area contributed by atoms with Gasteiger partial charge in [-0.25, -0.2) is 0 Å². The molecule has 0 bridgehead atoms. The minimum Gasteiger partial charge on any atom is -0.455 e. The van der Waals surface area contributed by atoms with E-state index >= 15 is 0 Å². The van der Waals surface area contributed by atoms with Crippen LogP contribution >= 0.6 is 0 Å². The van der Waals surface area contributed by atoms with Crippen LogP contribution in [0, 0.1) is 0 Å². The maximum Gasteiger partial charge on any atom is 0.143 e. The Balaban J connectivity index is 0.902. The van der Waals surface area contributed by atoms with Crippen LogP contribution < -0.4 is 9.80 Å². The molecule has 0 saturated carbocycles. The fourth-order valence-electron chi connectivity index (χ4n) is 9.55. The second-order valence-corrected chi connectivity index (χ2v) is 16.1. The van der Waals surface area contributed by atoms with E-state index in [2.05, 4.69) is 228 Å². The van der Waals surface area contributed by atoms with E-state index in [4.69, 9.17) is 8.83 Å². The molecular formula is C58H36N2O2. The van der Waals surface area contributed by atoms with Gasteiger partial charge in [-0.15, -0.1) is 0 Å². The summed E-state index contributed by atoms with van der Waals surface area (Å²) in [5, 5.41) is 13.5. The van der Waals surface area contributed by atoms with Gasteiger partial charge in [0.15, 0.2) is 0 Å². The minimum absolute atomic E-state index is 0.846. The van der Waals surface area contributed by atoms with E-state index in [1.807, 2.05) is 0 Å². The third-order valence-electron chi connectivity index (χ3n) is 12.5. The molecule has 0 unspecified atom stereocenters. The highest BCUT2D eigenvalue weighted by atomic mass is 16.3. The van der Waals surface area contributed by atoms with E-state index in [1.165, 1.54) is 21.5 Å². The van der Waals surface area contributed by atoms with E-state index in [0.717, 1.165) is 99.5 Å². The fraction of sp³-hybridized carbons (Fsp3) is 0. The molecule has 0 amide bonds. The first-order valence-corrected chi connectivity index (χ1v) is 21.1. The number of nitrogens with zero attached hydrogens (tertiary/aromatic N) is 2. The van der Waals surface area contributed by atoms with E-state index in [-0.39, 0.29) is 0 Å². The van der Waals surface area contributed by atoms with Crippen molar-refractivity contribution < 1.29 is 8.83 Å². The number of benzene rings is 11. The molecule has 0 radical (unpaired) electrons. The number of anilines is 6. The Morgan fingerprint density at radius 2 is 0.565 bits per heavy atom. The number of furan rings is 2. The molecule has 4 nitrogen and oxygen atoms in total. The lowest BCUT2D eigenvalue weighted by Gasteiger charge is -2.26. The molecule has 0 aliphatic carbocycles. The van der Waals surface area contributed by atoms with Crippen LogP contribution in [0.2, 0.25) is 0 Å². The van der Waals surface area contributed by atoms with E-state index in [1.54, 1.807) is 0 Å². The first-order chi connectivity index (χ1) is 30.7. The summed E-state index contributed by atoms with van der Waals surface area (Å²) < 4.78 is 13.6. The fourth-order valence-corrected chi connectivity index (χ4v) is 9.55. The second-order valence-electron chi connectivity index (χ2n) is 16.1. The summed E-state index contributed by atoms with van der Waals surface area (Å²) in [5.41, 5.74) is 10.0. The lowest BCUT2D eigenvalue weighted by Crippen LogP contribution is -2.09. The molecule has 0 aliphatic rings. The van der Waals surface area contributed by atoms with Crippen LogP contribution in [0.25, 0.3) is 87.0 Å². The van der Waals surface area contributed by atoms with Crippen LogP contribution in [-0.4, -0.2) is 0 Å². The SMILES string of the molecule is c1ccc(N(c2ccc3ccccc3c2)c2ccc3c(ccc4c5cc6oc7c8ccc(N(c9ccccc9)c9ccc%10ccccc%10c9)cc8ccc7c6cc5oc34)c2)cc1. The van der Waals surface area contributed by atoms with Gasteiger partial charge in [-0.1, -0.05) is 109 Å². The predicted molar refractivity (Wildman–Crippen MR) is 260 cm³/mol. The Kier molecular flexibility index (Phi) is 7.57. The molecule has 0 fully saturated rings. The predicted octanol–water partition coefficient (Wildman–Crippen LogP) is 17.0. The van der Waals surface area contributed by atoms with Crippen molar-refractivity contribution in [3.8, 4) is 0 Å². The molecule has 0 N–H and O–H groups in total. The first-order valence-electron chi connectivity index (χ1n) is 21.1. The van der Waals surface area contributed by atoms with E-state index in [0.29, 0.717) is 0 Å². The van der Waals surface area contributed by atoms with Crippen LogP contribution in [0.15, 0.2) is 227 Å². The normalized spacial score (nSPS) is 11.9. The standard InChI is InChI=1S/C58H36N2O2/c1-3-15-43(16-4-1)59(45-23-19-37-11-7-9-13-39(37)31-45)47-25-29-49-41(33-47)21-27-51-53-35-56-54(36-55(53)61-57(49)51)52-28-22-42-34-48(26-30-50(42)58(52)62-56)60(44-17-5-2-6-18-44)46-24-20-38-12-8-10-14-40(38)32-46/h1-36H. The highest BCUT2D eigenvalue weighted by molar-refractivity contribution is 6.22. The third kappa shape index (κ3) is 5.47. The van der Waals surface area contributed by atoms with Gasteiger partial charge in [0.25, 0.3) is 0 Å². The summed E-state index contributed by atoms with van der Waals surface area (Å²) >= 11 is 0. The quantitative estimate of drug-likeness (QED) is 0.168. The van der Waals surface area contributed by atoms with Gasteiger partial charge >= 0.3 is 0 Å². The Bertz CT molecular complexity index is 3630. The third-order valence-corrected chi connectivity index (χ3v) is 12.5. The summed E-state index contributed by atoms with van der Waals surface area (Å²) in [7, 11) is 0. The zero-order chi connectivity index (χ0) is 40.7. The largest absolute Gasteiger partial charge is 0.455 e. The van der Waals surface area contributed by atoms with Gasteiger partial charge in [0.1, 0.15) is 22.3 Å². The van der Waals surface area contributed by atoms with Crippen molar-refractivity contribution in [2.24, 2.45) is 0 Å². The molecule has 0 saturated heterocycles. The summed E-state index contributed by atoms with van der Waals surface area (Å²) in [6.07, 6.45) is 0. The number of hydrogen-bond donors (Lipinski definition) is 0. The highest BCUT2D eigenvalue weighted by Gasteiger charge is 2.20. The Hall–Kier alpha value is -8.34. The zero-order valence-corrected chi connectivity index (χ0v) is 33.5. The minimum atomic E-state index is 0.846. The second kappa shape index (κ2) is 13.6. The van der Waals surface area contributed by atoms with Gasteiger partial charge < -0.3 is 18.6 Å². The first kappa shape index (κ1) is 34.5. The lowest BCUT2D eigenvalue weighted by molar-refractivity contribution is 0.667. The van der Waals surface area contributed by atoms with Gasteiger partial charge in [-0.05, 0) is 142 Å². The topological polar surface area (TPSA) is 32.8 Å². The zero-order valence-electron chi connectivity index (χ0n) is 33.5. The van der Waals surface area contributed by atoms with Crippen molar-refractivity contribution in [3.05, 3.63) is 218 Å². The lowest BCUT2D eigenvalue weighted by atomic mass is 10.0. The Labute approximate surface area is 356 Å². The van der Waals surface area contributed by atoms with E-state index < -0.39 is 0 Å². The molecule has 4 heteroatoms. The molecule has 2 heterocycles. The van der Waals surface area contributed by atoms with Crippen molar-refractivity contribution in [1.82, 2.24) is 0 Å². The molecule has 11 aromatic carbocycles. The van der Waals surface area contributed by atoms with Crippen molar-refractivity contribution >= 4 is 121 Å². The smallest absolute Gasteiger partial charge is 0.143 e. The average molecular weight is 793 g/mol. The summed E-state index contributed by atoms with van der Waals surface area (Å²) in [5.74, 6) is 0. The molecule has 0 atom stereocenters. The molecule has 13 rings (SSSR count). The molecular weight excluding hydrogens is 757 g/mol. The molecule has 0 aliphatic heterocycles. The maximum atomic E-state index is 6.79.